The lowest BCUT2D eigenvalue weighted by Crippen LogP contribution is -2.21. The van der Waals surface area contributed by atoms with E-state index in [0.717, 1.165) is 16.8 Å². The lowest BCUT2D eigenvalue weighted by Gasteiger charge is -2.05. The lowest BCUT2D eigenvalue weighted by molar-refractivity contribution is 0.369. The third kappa shape index (κ3) is 3.27. The number of benzene rings is 2. The van der Waals surface area contributed by atoms with Crippen LogP contribution in [0.2, 0.25) is 5.02 Å². The Bertz CT molecular complexity index is 1400. The summed E-state index contributed by atoms with van der Waals surface area (Å²) < 4.78 is 8.37. The van der Waals surface area contributed by atoms with Crippen LogP contribution in [0.5, 0.6) is 0 Å². The number of hydrogen-bond donors (Lipinski definition) is 0. The van der Waals surface area contributed by atoms with E-state index in [-0.39, 0.29) is 12.1 Å². The van der Waals surface area contributed by atoms with Crippen molar-refractivity contribution in [2.45, 2.75) is 13.5 Å². The van der Waals surface area contributed by atoms with Crippen molar-refractivity contribution in [3.63, 3.8) is 0 Å². The molecule has 5 rings (SSSR count). The van der Waals surface area contributed by atoms with Crippen molar-refractivity contribution in [3.05, 3.63) is 87.9 Å². The van der Waals surface area contributed by atoms with Crippen molar-refractivity contribution in [1.29, 1.82) is 0 Å². The predicted octanol–water partition coefficient (Wildman–Crippen LogP) is 3.64. The smallest absolute Gasteiger partial charge is 0.264 e. The van der Waals surface area contributed by atoms with E-state index in [0.29, 0.717) is 27.8 Å². The van der Waals surface area contributed by atoms with Gasteiger partial charge in [0.05, 0.1) is 11.9 Å². The van der Waals surface area contributed by atoms with Crippen molar-refractivity contribution in [3.8, 4) is 17.1 Å². The molecule has 0 saturated carbocycles. The second-order valence-corrected chi connectivity index (χ2v) is 7.26. The average Bonchev–Trinajstić information content (AvgIpc) is 3.39. The quantitative estimate of drug-likeness (QED) is 0.442. The van der Waals surface area contributed by atoms with Gasteiger partial charge in [0, 0.05) is 10.6 Å². The molecule has 0 spiro atoms. The second kappa shape index (κ2) is 7.23. The Labute approximate surface area is 175 Å². The van der Waals surface area contributed by atoms with Crippen LogP contribution < -0.4 is 5.56 Å². The molecule has 2 aromatic carbocycles. The summed E-state index contributed by atoms with van der Waals surface area (Å²) in [5, 5.41) is 9.34. The molecule has 0 bridgehead atoms. The first-order valence-corrected chi connectivity index (χ1v) is 9.55. The van der Waals surface area contributed by atoms with E-state index in [4.69, 9.17) is 16.1 Å². The monoisotopic (exact) mass is 418 g/mol. The van der Waals surface area contributed by atoms with Crippen LogP contribution in [-0.4, -0.2) is 29.5 Å². The summed E-state index contributed by atoms with van der Waals surface area (Å²) in [4.78, 5) is 21.7. The summed E-state index contributed by atoms with van der Waals surface area (Å²) in [6.45, 7) is 2.12. The summed E-state index contributed by atoms with van der Waals surface area (Å²) >= 11 is 5.91. The number of aromatic nitrogens is 6. The Morgan fingerprint density at radius 2 is 1.83 bits per heavy atom. The summed E-state index contributed by atoms with van der Waals surface area (Å²) in [6, 6.07) is 14.9. The Hall–Kier alpha value is -3.78. The van der Waals surface area contributed by atoms with Crippen molar-refractivity contribution in [1.82, 2.24) is 29.5 Å². The van der Waals surface area contributed by atoms with E-state index in [9.17, 15) is 4.79 Å². The number of rotatable bonds is 4. The van der Waals surface area contributed by atoms with Gasteiger partial charge in [-0.15, -0.1) is 0 Å². The first-order valence-electron chi connectivity index (χ1n) is 9.17. The molecule has 148 valence electrons. The lowest BCUT2D eigenvalue weighted by atomic mass is 10.2. The van der Waals surface area contributed by atoms with E-state index in [1.54, 1.807) is 28.9 Å². The van der Waals surface area contributed by atoms with E-state index in [1.807, 2.05) is 31.2 Å². The molecule has 0 atom stereocenters. The van der Waals surface area contributed by atoms with Gasteiger partial charge in [0.15, 0.2) is 5.65 Å². The number of halogens is 1. The maximum absolute atomic E-state index is 12.9. The largest absolute Gasteiger partial charge is 0.337 e. The van der Waals surface area contributed by atoms with Gasteiger partial charge >= 0.3 is 0 Å². The summed E-state index contributed by atoms with van der Waals surface area (Å²) in [5.74, 6) is 0.727. The number of nitrogens with zero attached hydrogens (tertiary/aromatic N) is 6. The van der Waals surface area contributed by atoms with Gasteiger partial charge in [0.1, 0.15) is 18.3 Å². The number of aryl methyl sites for hydroxylation is 1. The van der Waals surface area contributed by atoms with Gasteiger partial charge in [-0.05, 0) is 43.3 Å². The minimum absolute atomic E-state index is 0.109. The van der Waals surface area contributed by atoms with Crippen molar-refractivity contribution in [2.75, 3.05) is 0 Å². The van der Waals surface area contributed by atoms with E-state index in [2.05, 4.69) is 20.2 Å². The fourth-order valence-corrected chi connectivity index (χ4v) is 3.24. The highest BCUT2D eigenvalue weighted by molar-refractivity contribution is 6.30. The van der Waals surface area contributed by atoms with Gasteiger partial charge in [-0.1, -0.05) is 34.5 Å². The van der Waals surface area contributed by atoms with Crippen LogP contribution in [0.3, 0.4) is 0 Å². The highest BCUT2D eigenvalue weighted by atomic mass is 35.5. The zero-order valence-corrected chi connectivity index (χ0v) is 16.6. The van der Waals surface area contributed by atoms with E-state index < -0.39 is 0 Å². The normalized spacial score (nSPS) is 11.3. The van der Waals surface area contributed by atoms with E-state index >= 15 is 0 Å². The van der Waals surface area contributed by atoms with Gasteiger partial charge in [-0.25, -0.2) is 9.67 Å². The first kappa shape index (κ1) is 18.3. The van der Waals surface area contributed by atoms with Crippen LogP contribution in [0, 0.1) is 6.92 Å². The third-order valence-corrected chi connectivity index (χ3v) is 4.96. The Morgan fingerprint density at radius 1 is 1.07 bits per heavy atom. The molecule has 0 aliphatic heterocycles. The van der Waals surface area contributed by atoms with Crippen LogP contribution in [-0.2, 0) is 6.54 Å². The zero-order chi connectivity index (χ0) is 20.7. The summed E-state index contributed by atoms with van der Waals surface area (Å²) in [6.07, 6.45) is 2.98. The molecule has 0 amide bonds. The molecule has 8 nitrogen and oxygen atoms in total. The zero-order valence-electron chi connectivity index (χ0n) is 15.9. The predicted molar refractivity (Wildman–Crippen MR) is 112 cm³/mol. The maximum atomic E-state index is 12.9. The Morgan fingerprint density at radius 3 is 2.60 bits per heavy atom. The van der Waals surface area contributed by atoms with Gasteiger partial charge < -0.3 is 4.52 Å². The summed E-state index contributed by atoms with van der Waals surface area (Å²) in [5.41, 5.74) is 3.01. The highest BCUT2D eigenvalue weighted by Gasteiger charge is 2.14. The van der Waals surface area contributed by atoms with Crippen LogP contribution >= 0.6 is 11.6 Å². The maximum Gasteiger partial charge on any atom is 0.264 e. The van der Waals surface area contributed by atoms with Crippen LogP contribution in [0.4, 0.5) is 0 Å². The highest BCUT2D eigenvalue weighted by Crippen LogP contribution is 2.19. The Kier molecular flexibility index (Phi) is 4.40. The molecule has 5 aromatic rings. The second-order valence-electron chi connectivity index (χ2n) is 6.83. The summed E-state index contributed by atoms with van der Waals surface area (Å²) in [7, 11) is 0. The molecule has 0 saturated heterocycles. The number of hydrogen-bond acceptors (Lipinski definition) is 6. The van der Waals surface area contributed by atoms with Crippen molar-refractivity contribution >= 4 is 22.6 Å². The first-order chi connectivity index (χ1) is 14.6. The molecule has 0 fully saturated rings. The minimum atomic E-state index is -0.232. The van der Waals surface area contributed by atoms with Crippen molar-refractivity contribution < 1.29 is 4.52 Å². The molecular weight excluding hydrogens is 404 g/mol. The Balaban J connectivity index is 1.46. The van der Waals surface area contributed by atoms with Crippen molar-refractivity contribution in [2.24, 2.45) is 0 Å². The van der Waals surface area contributed by atoms with Gasteiger partial charge in [-0.2, -0.15) is 10.1 Å². The van der Waals surface area contributed by atoms with Gasteiger partial charge in [-0.3, -0.25) is 9.36 Å². The van der Waals surface area contributed by atoms with Gasteiger partial charge in [0.2, 0.25) is 11.7 Å². The molecule has 0 N–H and O–H groups in total. The van der Waals surface area contributed by atoms with Crippen LogP contribution in [0.25, 0.3) is 28.1 Å². The number of fused-ring (bicyclic) bond motifs is 1. The van der Waals surface area contributed by atoms with Crippen LogP contribution in [0.15, 0.2) is 70.4 Å². The molecule has 9 heteroatoms. The molecule has 0 unspecified atom stereocenters. The third-order valence-electron chi connectivity index (χ3n) is 4.71. The average molecular weight is 419 g/mol. The van der Waals surface area contributed by atoms with Crippen LogP contribution in [0.1, 0.15) is 11.5 Å². The standard InChI is InChI=1S/C21H15ClN6O2/c1-13-2-8-16(9-3-13)28-20-17(10-24-28)21(29)27(12-23-20)11-18-25-19(26-30-18)14-4-6-15(22)7-5-14/h2-10,12H,11H2,1H3. The van der Waals surface area contributed by atoms with E-state index in [1.165, 1.54) is 17.1 Å². The van der Waals surface area contributed by atoms with Gasteiger partial charge in [0.25, 0.3) is 5.56 Å². The molecule has 3 heterocycles. The minimum Gasteiger partial charge on any atom is -0.337 e. The topological polar surface area (TPSA) is 91.6 Å². The molecule has 0 radical (unpaired) electrons. The fourth-order valence-electron chi connectivity index (χ4n) is 3.12. The molecule has 0 aliphatic carbocycles. The molecular formula is C21H15ClN6O2. The SMILES string of the molecule is Cc1ccc(-n2ncc3c(=O)n(Cc4nc(-c5ccc(Cl)cc5)no4)cnc32)cc1. The molecule has 0 aliphatic rings. The fraction of sp³-hybridized carbons (Fsp3) is 0.0952. The molecule has 3 aromatic heterocycles. The molecule has 30 heavy (non-hydrogen) atoms.